The Morgan fingerprint density at radius 3 is 2.66 bits per heavy atom. The van der Waals surface area contributed by atoms with Crippen LogP contribution in [0.25, 0.3) is 0 Å². The summed E-state index contributed by atoms with van der Waals surface area (Å²) in [5.41, 5.74) is -0.0471. The summed E-state index contributed by atoms with van der Waals surface area (Å²) < 4.78 is 25.5. The van der Waals surface area contributed by atoms with Crippen molar-refractivity contribution in [3.05, 3.63) is 23.3 Å². The molecule has 0 aromatic carbocycles. The van der Waals surface area contributed by atoms with Crippen LogP contribution in [0.4, 0.5) is 25.6 Å². The maximum atomic E-state index is 14.2. The first-order valence-corrected chi connectivity index (χ1v) is 9.27. The van der Waals surface area contributed by atoms with Crippen molar-refractivity contribution in [3.8, 4) is 6.01 Å². The first kappa shape index (κ1) is 20.8. The molecule has 3 heterocycles. The largest absolute Gasteiger partial charge is 0.464 e. The molecule has 29 heavy (non-hydrogen) atoms. The Labute approximate surface area is 171 Å². The number of rotatable bonds is 5. The molecule has 0 atom stereocenters. The third-order valence-electron chi connectivity index (χ3n) is 4.44. The third kappa shape index (κ3) is 3.69. The maximum absolute atomic E-state index is 14.2. The van der Waals surface area contributed by atoms with Crippen molar-refractivity contribution in [3.63, 3.8) is 0 Å². The molecule has 2 aromatic rings. The van der Waals surface area contributed by atoms with Gasteiger partial charge in [0.1, 0.15) is 0 Å². The fourth-order valence-electron chi connectivity index (χ4n) is 3.16. The molecule has 0 aliphatic carbocycles. The van der Waals surface area contributed by atoms with E-state index < -0.39 is 22.8 Å². The Kier molecular flexibility index (Phi) is 5.60. The van der Waals surface area contributed by atoms with Crippen molar-refractivity contribution in [2.24, 2.45) is 0 Å². The van der Waals surface area contributed by atoms with Gasteiger partial charge in [0.15, 0.2) is 17.5 Å². The average Bonchev–Trinajstić information content (AvgIpc) is 3.14. The predicted molar refractivity (Wildman–Crippen MR) is 101 cm³/mol. The molecule has 0 saturated carbocycles. The predicted octanol–water partition coefficient (Wildman–Crippen LogP) is 3.37. The van der Waals surface area contributed by atoms with E-state index in [0.717, 1.165) is 10.9 Å². The zero-order chi connectivity index (χ0) is 21.3. The highest BCUT2D eigenvalue weighted by atomic mass is 35.5. The Balaban J connectivity index is 2.08. The van der Waals surface area contributed by atoms with Gasteiger partial charge in [0, 0.05) is 5.56 Å². The fraction of sp³-hybridized carbons (Fsp3) is 0.471. The van der Waals surface area contributed by atoms with Gasteiger partial charge in [-0.25, -0.2) is 14.2 Å². The maximum Gasteiger partial charge on any atom is 0.435 e. The summed E-state index contributed by atoms with van der Waals surface area (Å²) in [5.74, 6) is -0.787. The smallest absolute Gasteiger partial charge is 0.435 e. The van der Waals surface area contributed by atoms with Gasteiger partial charge in [-0.05, 0) is 39.3 Å². The Morgan fingerprint density at radius 2 is 2.03 bits per heavy atom. The van der Waals surface area contributed by atoms with Gasteiger partial charge >= 0.3 is 17.5 Å². The summed E-state index contributed by atoms with van der Waals surface area (Å²) in [6.07, 6.45) is 0.230. The number of carbonyl (C=O) groups excluding carboxylic acids is 2. The number of amides is 1. The van der Waals surface area contributed by atoms with E-state index in [4.69, 9.17) is 21.1 Å². The number of hydrogen-bond donors (Lipinski definition) is 1. The van der Waals surface area contributed by atoms with Crippen LogP contribution >= 0.6 is 11.6 Å². The number of nitrogens with zero attached hydrogens (tertiary/aromatic N) is 5. The lowest BCUT2D eigenvalue weighted by Crippen LogP contribution is -2.39. The fourth-order valence-corrected chi connectivity index (χ4v) is 3.43. The number of hydrogen-bond acceptors (Lipinski definition) is 8. The van der Waals surface area contributed by atoms with Crippen molar-refractivity contribution in [1.29, 1.82) is 0 Å². The van der Waals surface area contributed by atoms with Crippen LogP contribution in [0.3, 0.4) is 0 Å². The van der Waals surface area contributed by atoms with Crippen molar-refractivity contribution < 1.29 is 23.5 Å². The molecule has 1 amide bonds. The lowest BCUT2D eigenvalue weighted by molar-refractivity contribution is 0.138. The van der Waals surface area contributed by atoms with Gasteiger partial charge in [-0.2, -0.15) is 9.67 Å². The molecule has 156 valence electrons. The van der Waals surface area contributed by atoms with Gasteiger partial charge < -0.3 is 19.7 Å². The first-order chi connectivity index (χ1) is 13.7. The number of fused-ring (bicyclic) bond motifs is 1. The summed E-state index contributed by atoms with van der Waals surface area (Å²) in [5, 5.41) is 6.30. The normalized spacial score (nSPS) is 14.5. The quantitative estimate of drug-likeness (QED) is 0.572. The van der Waals surface area contributed by atoms with Crippen molar-refractivity contribution in [1.82, 2.24) is 24.6 Å². The van der Waals surface area contributed by atoms with Crippen molar-refractivity contribution >= 4 is 34.7 Å². The second kappa shape index (κ2) is 7.82. The molecule has 10 nitrogen and oxygen atoms in total. The SMILES string of the molecule is CCOC(=O)n1nc(Nc2nc(OCC)ncc2F)c2c1C(C)(C)N(C(=O)Cl)C2. The molecule has 12 heteroatoms. The van der Waals surface area contributed by atoms with Crippen LogP contribution in [0.2, 0.25) is 0 Å². The molecule has 1 aliphatic heterocycles. The van der Waals surface area contributed by atoms with E-state index >= 15 is 0 Å². The van der Waals surface area contributed by atoms with Crippen molar-refractivity contribution in [2.45, 2.75) is 39.8 Å². The van der Waals surface area contributed by atoms with Crippen LogP contribution in [-0.2, 0) is 16.8 Å². The number of carbonyl (C=O) groups is 2. The first-order valence-electron chi connectivity index (χ1n) is 8.89. The molecule has 1 N–H and O–H groups in total. The van der Waals surface area contributed by atoms with E-state index in [9.17, 15) is 14.0 Å². The second-order valence-corrected chi connectivity index (χ2v) is 6.92. The van der Waals surface area contributed by atoms with E-state index in [0.29, 0.717) is 17.9 Å². The zero-order valence-electron chi connectivity index (χ0n) is 16.3. The summed E-state index contributed by atoms with van der Waals surface area (Å²) >= 11 is 5.73. The minimum absolute atomic E-state index is 0.0178. The molecule has 0 bridgehead atoms. The lowest BCUT2D eigenvalue weighted by atomic mass is 10.0. The number of nitrogens with one attached hydrogen (secondary N) is 1. The van der Waals surface area contributed by atoms with Gasteiger partial charge in [-0.1, -0.05) is 0 Å². The average molecular weight is 427 g/mol. The molecule has 0 spiro atoms. The van der Waals surface area contributed by atoms with Gasteiger partial charge in [0.05, 0.1) is 37.2 Å². The summed E-state index contributed by atoms with van der Waals surface area (Å²) in [6.45, 7) is 7.35. The van der Waals surface area contributed by atoms with Crippen LogP contribution in [-0.4, -0.2) is 49.3 Å². The Hall–Kier alpha value is -2.95. The molecule has 0 unspecified atom stereocenters. The van der Waals surface area contributed by atoms with Crippen LogP contribution < -0.4 is 10.1 Å². The van der Waals surface area contributed by atoms with Gasteiger partial charge in [0.2, 0.25) is 0 Å². The topological polar surface area (TPSA) is 111 Å². The number of ether oxygens (including phenoxy) is 2. The molecule has 0 radical (unpaired) electrons. The lowest BCUT2D eigenvalue weighted by Gasteiger charge is -2.30. The third-order valence-corrected chi connectivity index (χ3v) is 4.64. The standard InChI is InChI=1S/C17H20ClFN6O4/c1-5-28-15-20-7-10(19)13(22-15)21-12-9-8-24(14(18)26)17(3,4)11(9)25(23-12)16(27)29-6-2/h7H,5-6,8H2,1-4H3,(H,20,21,22,23). The number of halogens is 2. The van der Waals surface area contributed by atoms with Crippen molar-refractivity contribution in [2.75, 3.05) is 18.5 Å². The van der Waals surface area contributed by atoms with E-state index in [1.54, 1.807) is 27.7 Å². The van der Waals surface area contributed by atoms with Gasteiger partial charge in [-0.3, -0.25) is 4.79 Å². The summed E-state index contributed by atoms with van der Waals surface area (Å²) in [7, 11) is 0. The number of aromatic nitrogens is 4. The van der Waals surface area contributed by atoms with Crippen LogP contribution in [0.1, 0.15) is 39.0 Å². The summed E-state index contributed by atoms with van der Waals surface area (Å²) in [6, 6.07) is -0.0178. The van der Waals surface area contributed by atoms with Gasteiger partial charge in [-0.15, -0.1) is 5.10 Å². The number of anilines is 2. The highest BCUT2D eigenvalue weighted by Crippen LogP contribution is 2.43. The highest BCUT2D eigenvalue weighted by molar-refractivity contribution is 6.62. The second-order valence-electron chi connectivity index (χ2n) is 6.59. The Morgan fingerprint density at radius 1 is 1.31 bits per heavy atom. The highest BCUT2D eigenvalue weighted by Gasteiger charge is 2.46. The molecular formula is C17H20ClFN6O4. The van der Waals surface area contributed by atoms with Gasteiger partial charge in [0.25, 0.3) is 0 Å². The van der Waals surface area contributed by atoms with Crippen LogP contribution in [0.5, 0.6) is 6.01 Å². The minimum atomic E-state index is -0.950. The molecule has 2 aromatic heterocycles. The molecular weight excluding hydrogens is 407 g/mol. The minimum Gasteiger partial charge on any atom is -0.464 e. The van der Waals surface area contributed by atoms with E-state index in [1.165, 1.54) is 4.90 Å². The molecule has 0 fully saturated rings. The van der Waals surface area contributed by atoms with E-state index in [2.05, 4.69) is 20.4 Å². The monoisotopic (exact) mass is 426 g/mol. The van der Waals surface area contributed by atoms with E-state index in [-0.39, 0.29) is 30.8 Å². The van der Waals surface area contributed by atoms with E-state index in [1.807, 2.05) is 0 Å². The zero-order valence-corrected chi connectivity index (χ0v) is 17.1. The molecule has 1 aliphatic rings. The van der Waals surface area contributed by atoms with Crippen LogP contribution in [0.15, 0.2) is 6.20 Å². The van der Waals surface area contributed by atoms with Crippen LogP contribution in [0, 0.1) is 5.82 Å². The Bertz CT molecular complexity index is 964. The summed E-state index contributed by atoms with van der Waals surface area (Å²) in [4.78, 5) is 33.4. The molecule has 0 saturated heterocycles. The molecule has 3 rings (SSSR count).